The molecule has 1 aromatic heterocycles. The standard InChI is InChI=1S/C16H12BrN3O2S2/c17-11-5-6-13(21)10(7-11)8-18-20-15(22)9-23-16-19-12-3-1-2-4-14(12)24-16/h1-8,21H,9H2,(H,20,22). The monoisotopic (exact) mass is 421 g/mol. The molecule has 0 unspecified atom stereocenters. The van der Waals surface area contributed by atoms with E-state index in [1.165, 1.54) is 18.0 Å². The van der Waals surface area contributed by atoms with Crippen LogP contribution in [0.15, 0.2) is 56.4 Å². The number of benzene rings is 2. The molecule has 0 saturated heterocycles. The van der Waals surface area contributed by atoms with Gasteiger partial charge in [0.05, 0.1) is 22.2 Å². The Morgan fingerprint density at radius 2 is 2.21 bits per heavy atom. The molecule has 0 spiro atoms. The molecule has 0 atom stereocenters. The molecule has 1 heterocycles. The summed E-state index contributed by atoms with van der Waals surface area (Å²) in [6.07, 6.45) is 1.40. The van der Waals surface area contributed by atoms with Crippen LogP contribution in [-0.2, 0) is 4.79 Å². The van der Waals surface area contributed by atoms with Crippen molar-refractivity contribution in [2.75, 3.05) is 5.75 Å². The number of hydrogen-bond acceptors (Lipinski definition) is 6. The van der Waals surface area contributed by atoms with E-state index >= 15 is 0 Å². The topological polar surface area (TPSA) is 74.6 Å². The number of aromatic nitrogens is 1. The Morgan fingerprint density at radius 1 is 1.38 bits per heavy atom. The van der Waals surface area contributed by atoms with Gasteiger partial charge in [0, 0.05) is 10.0 Å². The highest BCUT2D eigenvalue weighted by molar-refractivity contribution is 9.10. The molecule has 122 valence electrons. The van der Waals surface area contributed by atoms with Crippen LogP contribution in [0.5, 0.6) is 5.75 Å². The number of fused-ring (bicyclic) bond motifs is 1. The number of hydrazone groups is 1. The maximum absolute atomic E-state index is 11.8. The van der Waals surface area contributed by atoms with E-state index in [1.54, 1.807) is 29.5 Å². The van der Waals surface area contributed by atoms with E-state index in [0.717, 1.165) is 19.0 Å². The second-order valence-electron chi connectivity index (χ2n) is 4.73. The zero-order valence-electron chi connectivity index (χ0n) is 12.3. The van der Waals surface area contributed by atoms with Gasteiger partial charge in [-0.05, 0) is 30.3 Å². The summed E-state index contributed by atoms with van der Waals surface area (Å²) in [6, 6.07) is 12.8. The number of nitrogens with one attached hydrogen (secondary N) is 1. The quantitative estimate of drug-likeness (QED) is 0.370. The molecule has 1 amide bonds. The Bertz CT molecular complexity index is 878. The number of phenolic OH excluding ortho intramolecular Hbond substituents is 1. The van der Waals surface area contributed by atoms with Crippen LogP contribution in [0.2, 0.25) is 0 Å². The van der Waals surface area contributed by atoms with Crippen LogP contribution in [-0.4, -0.2) is 28.0 Å². The van der Waals surface area contributed by atoms with Crippen molar-refractivity contribution < 1.29 is 9.90 Å². The first-order chi connectivity index (χ1) is 11.6. The van der Waals surface area contributed by atoms with Crippen molar-refractivity contribution >= 4 is 61.4 Å². The predicted octanol–water partition coefficient (Wildman–Crippen LogP) is 4.01. The molecule has 2 N–H and O–H groups in total. The maximum Gasteiger partial charge on any atom is 0.250 e. The number of hydrogen-bond donors (Lipinski definition) is 2. The summed E-state index contributed by atoms with van der Waals surface area (Å²) >= 11 is 6.24. The molecule has 8 heteroatoms. The summed E-state index contributed by atoms with van der Waals surface area (Å²) < 4.78 is 2.77. The Kier molecular flexibility index (Phi) is 5.49. The van der Waals surface area contributed by atoms with Crippen LogP contribution in [0.3, 0.4) is 0 Å². The first-order valence-electron chi connectivity index (χ1n) is 6.90. The highest BCUT2D eigenvalue weighted by Gasteiger charge is 2.07. The summed E-state index contributed by atoms with van der Waals surface area (Å²) in [4.78, 5) is 16.3. The number of phenols is 1. The molecule has 0 radical (unpaired) electrons. The van der Waals surface area contributed by atoms with Crippen LogP contribution < -0.4 is 5.43 Å². The average molecular weight is 422 g/mol. The molecule has 3 aromatic rings. The van der Waals surface area contributed by atoms with Gasteiger partial charge < -0.3 is 5.11 Å². The predicted molar refractivity (Wildman–Crippen MR) is 102 cm³/mol. The molecule has 24 heavy (non-hydrogen) atoms. The van der Waals surface area contributed by atoms with Crippen molar-refractivity contribution in [3.8, 4) is 5.75 Å². The second kappa shape index (κ2) is 7.78. The molecule has 3 rings (SSSR count). The van der Waals surface area contributed by atoms with Gasteiger partial charge >= 0.3 is 0 Å². The van der Waals surface area contributed by atoms with Gasteiger partial charge in [-0.25, -0.2) is 10.4 Å². The summed E-state index contributed by atoms with van der Waals surface area (Å²) in [5.41, 5.74) is 3.90. The summed E-state index contributed by atoms with van der Waals surface area (Å²) in [5.74, 6) is 0.0896. The number of aromatic hydroxyl groups is 1. The van der Waals surface area contributed by atoms with Gasteiger partial charge in [-0.2, -0.15) is 5.10 Å². The van der Waals surface area contributed by atoms with Crippen molar-refractivity contribution in [1.82, 2.24) is 10.4 Å². The number of carbonyl (C=O) groups is 1. The van der Waals surface area contributed by atoms with Crippen LogP contribution >= 0.6 is 39.0 Å². The fraction of sp³-hybridized carbons (Fsp3) is 0.0625. The highest BCUT2D eigenvalue weighted by atomic mass is 79.9. The van der Waals surface area contributed by atoms with Gasteiger partial charge in [0.15, 0.2) is 4.34 Å². The molecule has 0 aliphatic rings. The maximum atomic E-state index is 11.8. The number of carbonyl (C=O) groups excluding carboxylic acids is 1. The van der Waals surface area contributed by atoms with Gasteiger partial charge in [0.1, 0.15) is 5.75 Å². The SMILES string of the molecule is O=C(CSc1nc2ccccc2s1)NN=Cc1cc(Br)ccc1O. The van der Waals surface area contributed by atoms with Crippen molar-refractivity contribution in [2.24, 2.45) is 5.10 Å². The van der Waals surface area contributed by atoms with Crippen LogP contribution in [0.1, 0.15) is 5.56 Å². The lowest BCUT2D eigenvalue weighted by molar-refractivity contribution is -0.118. The minimum absolute atomic E-state index is 0.0973. The Morgan fingerprint density at radius 3 is 3.04 bits per heavy atom. The molecule has 0 bridgehead atoms. The summed E-state index contributed by atoms with van der Waals surface area (Å²) in [6.45, 7) is 0. The van der Waals surface area contributed by atoms with Gasteiger partial charge in [0.25, 0.3) is 5.91 Å². The number of halogens is 1. The molecule has 5 nitrogen and oxygen atoms in total. The minimum Gasteiger partial charge on any atom is -0.507 e. The molecule has 0 saturated carbocycles. The molecular weight excluding hydrogens is 410 g/mol. The zero-order valence-corrected chi connectivity index (χ0v) is 15.5. The number of rotatable bonds is 5. The Balaban J connectivity index is 1.54. The zero-order chi connectivity index (χ0) is 16.9. The molecule has 0 aliphatic carbocycles. The molecule has 2 aromatic carbocycles. The van der Waals surface area contributed by atoms with Gasteiger partial charge in [-0.15, -0.1) is 11.3 Å². The van der Waals surface area contributed by atoms with E-state index in [1.807, 2.05) is 24.3 Å². The Hall–Kier alpha value is -1.90. The van der Waals surface area contributed by atoms with Gasteiger partial charge in [-0.3, -0.25) is 4.79 Å². The lowest BCUT2D eigenvalue weighted by Crippen LogP contribution is -2.19. The van der Waals surface area contributed by atoms with Crippen molar-refractivity contribution in [3.63, 3.8) is 0 Å². The Labute approximate surface area is 154 Å². The number of amides is 1. The lowest BCUT2D eigenvalue weighted by atomic mass is 10.2. The average Bonchev–Trinajstić information content (AvgIpc) is 2.99. The molecule has 0 aliphatic heterocycles. The number of nitrogens with zero attached hydrogens (tertiary/aromatic N) is 2. The van der Waals surface area contributed by atoms with E-state index in [0.29, 0.717) is 5.56 Å². The summed E-state index contributed by atoms with van der Waals surface area (Å²) in [5, 5.41) is 13.5. The smallest absolute Gasteiger partial charge is 0.250 e. The molecule has 0 fully saturated rings. The van der Waals surface area contributed by atoms with Crippen molar-refractivity contribution in [3.05, 3.63) is 52.5 Å². The van der Waals surface area contributed by atoms with Crippen molar-refractivity contribution in [1.29, 1.82) is 0 Å². The number of thioether (sulfide) groups is 1. The number of para-hydroxylation sites is 1. The van der Waals surface area contributed by atoms with E-state index in [-0.39, 0.29) is 17.4 Å². The lowest BCUT2D eigenvalue weighted by Gasteiger charge is -2.00. The normalized spacial score (nSPS) is 11.2. The largest absolute Gasteiger partial charge is 0.507 e. The number of thiazole rings is 1. The fourth-order valence-corrected chi connectivity index (χ4v) is 4.11. The van der Waals surface area contributed by atoms with Crippen molar-refractivity contribution in [2.45, 2.75) is 4.34 Å². The minimum atomic E-state index is -0.231. The van der Waals surface area contributed by atoms with Gasteiger partial charge in [0.2, 0.25) is 0 Å². The van der Waals surface area contributed by atoms with Crippen LogP contribution in [0.25, 0.3) is 10.2 Å². The second-order valence-corrected chi connectivity index (χ2v) is 7.90. The van der Waals surface area contributed by atoms with Crippen LogP contribution in [0, 0.1) is 0 Å². The third kappa shape index (κ3) is 4.34. The van der Waals surface area contributed by atoms with E-state index in [9.17, 15) is 9.90 Å². The summed E-state index contributed by atoms with van der Waals surface area (Å²) in [7, 11) is 0. The third-order valence-corrected chi connectivity index (χ3v) is 5.66. The van der Waals surface area contributed by atoms with E-state index in [4.69, 9.17) is 0 Å². The van der Waals surface area contributed by atoms with Gasteiger partial charge in [-0.1, -0.05) is 39.8 Å². The fourth-order valence-electron chi connectivity index (χ4n) is 1.87. The highest BCUT2D eigenvalue weighted by Crippen LogP contribution is 2.29. The van der Waals surface area contributed by atoms with E-state index < -0.39 is 0 Å². The first-order valence-corrected chi connectivity index (χ1v) is 9.50. The van der Waals surface area contributed by atoms with E-state index in [2.05, 4.69) is 31.4 Å². The molecular formula is C16H12BrN3O2S2. The third-order valence-electron chi connectivity index (χ3n) is 2.98. The van der Waals surface area contributed by atoms with Crippen LogP contribution in [0.4, 0.5) is 0 Å². The first kappa shape index (κ1) is 16.9.